The van der Waals surface area contributed by atoms with Crippen LogP contribution in [0.15, 0.2) is 34.9 Å². The fourth-order valence-electron chi connectivity index (χ4n) is 1.81. The van der Waals surface area contributed by atoms with Crippen LogP contribution < -0.4 is 5.32 Å². The van der Waals surface area contributed by atoms with E-state index in [0.29, 0.717) is 15.1 Å². The topological polar surface area (TPSA) is 25.2 Å². The molecule has 1 heterocycles. The molecule has 0 bridgehead atoms. The second kappa shape index (κ2) is 6.56. The zero-order valence-electron chi connectivity index (χ0n) is 10.4. The molecule has 1 unspecified atom stereocenters. The molecule has 2 aromatic rings. The van der Waals surface area contributed by atoms with Crippen LogP contribution in [0, 0.1) is 0 Å². The van der Waals surface area contributed by atoms with Crippen molar-refractivity contribution < 1.29 is 4.42 Å². The van der Waals surface area contributed by atoms with E-state index in [4.69, 9.17) is 39.2 Å². The molecule has 0 amide bonds. The van der Waals surface area contributed by atoms with E-state index in [-0.39, 0.29) is 6.04 Å². The van der Waals surface area contributed by atoms with Crippen LogP contribution >= 0.6 is 34.8 Å². The second-order valence-corrected chi connectivity index (χ2v) is 5.66. The molecule has 1 atom stereocenters. The molecule has 0 aliphatic rings. The Morgan fingerprint density at radius 2 is 1.89 bits per heavy atom. The van der Waals surface area contributed by atoms with E-state index in [2.05, 4.69) is 12.2 Å². The summed E-state index contributed by atoms with van der Waals surface area (Å²) in [4.78, 5) is 0. The van der Waals surface area contributed by atoms with Crippen LogP contribution in [0.2, 0.25) is 15.1 Å². The van der Waals surface area contributed by atoms with Crippen LogP contribution in [-0.2, 0) is 6.42 Å². The van der Waals surface area contributed by atoms with Crippen LogP contribution in [0.4, 0.5) is 5.69 Å². The molecule has 0 saturated heterocycles. The van der Waals surface area contributed by atoms with E-state index in [9.17, 15) is 0 Å². The Hall–Kier alpha value is -0.830. The van der Waals surface area contributed by atoms with E-state index in [1.54, 1.807) is 18.4 Å². The molecule has 0 fully saturated rings. The maximum atomic E-state index is 6.13. The van der Waals surface area contributed by atoms with Gasteiger partial charge in [-0.05, 0) is 37.6 Å². The SMILES string of the molecule is CC(CCc1ccco1)Nc1c(Cl)cc(Cl)cc1Cl. The number of anilines is 1. The van der Waals surface area contributed by atoms with Gasteiger partial charge in [0.15, 0.2) is 0 Å². The molecule has 5 heteroatoms. The molecule has 0 saturated carbocycles. The zero-order valence-corrected chi connectivity index (χ0v) is 12.7. The number of rotatable bonds is 5. The van der Waals surface area contributed by atoms with E-state index >= 15 is 0 Å². The molecule has 0 aliphatic carbocycles. The van der Waals surface area contributed by atoms with Crippen molar-refractivity contribution in [2.24, 2.45) is 0 Å². The quantitative estimate of drug-likeness (QED) is 0.768. The fraction of sp³-hybridized carbons (Fsp3) is 0.286. The number of hydrogen-bond acceptors (Lipinski definition) is 2. The van der Waals surface area contributed by atoms with Crippen LogP contribution in [0.5, 0.6) is 0 Å². The molecular weight excluding hydrogens is 305 g/mol. The predicted octanol–water partition coefficient (Wildman–Crippen LogP) is 5.67. The van der Waals surface area contributed by atoms with Crippen LogP contribution in [0.3, 0.4) is 0 Å². The lowest BCUT2D eigenvalue weighted by molar-refractivity contribution is 0.495. The first-order valence-electron chi connectivity index (χ1n) is 5.99. The number of aryl methyl sites for hydroxylation is 1. The van der Waals surface area contributed by atoms with Crippen molar-refractivity contribution in [3.8, 4) is 0 Å². The molecule has 1 aromatic carbocycles. The number of furan rings is 1. The summed E-state index contributed by atoms with van der Waals surface area (Å²) in [5.41, 5.74) is 0.722. The molecule has 1 N–H and O–H groups in total. The highest BCUT2D eigenvalue weighted by molar-refractivity contribution is 6.41. The Labute approximate surface area is 127 Å². The third-order valence-corrected chi connectivity index (χ3v) is 3.62. The Morgan fingerprint density at radius 3 is 2.47 bits per heavy atom. The predicted molar refractivity (Wildman–Crippen MR) is 81.6 cm³/mol. The number of benzene rings is 1. The maximum absolute atomic E-state index is 6.13. The lowest BCUT2D eigenvalue weighted by Crippen LogP contribution is -2.16. The maximum Gasteiger partial charge on any atom is 0.103 e. The average molecular weight is 319 g/mol. The van der Waals surface area contributed by atoms with E-state index in [1.807, 2.05) is 12.1 Å². The normalized spacial score (nSPS) is 12.4. The second-order valence-electron chi connectivity index (χ2n) is 4.41. The van der Waals surface area contributed by atoms with Crippen molar-refractivity contribution in [2.45, 2.75) is 25.8 Å². The van der Waals surface area contributed by atoms with Crippen molar-refractivity contribution in [1.29, 1.82) is 0 Å². The van der Waals surface area contributed by atoms with Crippen molar-refractivity contribution in [1.82, 2.24) is 0 Å². The van der Waals surface area contributed by atoms with Gasteiger partial charge in [-0.25, -0.2) is 0 Å². The average Bonchev–Trinajstić information content (AvgIpc) is 2.84. The first kappa shape index (κ1) is 14.6. The highest BCUT2D eigenvalue weighted by Gasteiger charge is 2.11. The van der Waals surface area contributed by atoms with Gasteiger partial charge in [0.05, 0.1) is 22.0 Å². The van der Waals surface area contributed by atoms with E-state index in [0.717, 1.165) is 24.3 Å². The van der Waals surface area contributed by atoms with Gasteiger partial charge in [-0.3, -0.25) is 0 Å². The van der Waals surface area contributed by atoms with Gasteiger partial charge in [0, 0.05) is 17.5 Å². The van der Waals surface area contributed by atoms with Gasteiger partial charge < -0.3 is 9.73 Å². The Kier molecular flexibility index (Phi) is 5.03. The summed E-state index contributed by atoms with van der Waals surface area (Å²) in [7, 11) is 0. The highest BCUT2D eigenvalue weighted by Crippen LogP contribution is 2.34. The van der Waals surface area contributed by atoms with Crippen molar-refractivity contribution in [2.75, 3.05) is 5.32 Å². The number of hydrogen-bond donors (Lipinski definition) is 1. The lowest BCUT2D eigenvalue weighted by atomic mass is 10.1. The molecule has 2 rings (SSSR count). The first-order chi connectivity index (χ1) is 9.06. The van der Waals surface area contributed by atoms with Gasteiger partial charge in [-0.2, -0.15) is 0 Å². The van der Waals surface area contributed by atoms with Gasteiger partial charge in [-0.1, -0.05) is 34.8 Å². The molecule has 0 radical (unpaired) electrons. The van der Waals surface area contributed by atoms with Crippen LogP contribution in [0.1, 0.15) is 19.1 Å². The minimum Gasteiger partial charge on any atom is -0.469 e. The van der Waals surface area contributed by atoms with Crippen LogP contribution in [0.25, 0.3) is 0 Å². The van der Waals surface area contributed by atoms with Gasteiger partial charge in [0.25, 0.3) is 0 Å². The number of halogens is 3. The van der Waals surface area contributed by atoms with Gasteiger partial charge in [0.1, 0.15) is 5.76 Å². The Balaban J connectivity index is 1.97. The molecule has 1 aromatic heterocycles. The third-order valence-electron chi connectivity index (χ3n) is 2.80. The summed E-state index contributed by atoms with van der Waals surface area (Å²) in [6.07, 6.45) is 3.47. The van der Waals surface area contributed by atoms with Crippen molar-refractivity contribution in [3.05, 3.63) is 51.4 Å². The molecule has 0 aliphatic heterocycles. The summed E-state index contributed by atoms with van der Waals surface area (Å²) in [6.45, 7) is 2.07. The van der Waals surface area contributed by atoms with E-state index in [1.165, 1.54) is 0 Å². The minimum atomic E-state index is 0.223. The van der Waals surface area contributed by atoms with Crippen LogP contribution in [-0.4, -0.2) is 6.04 Å². The molecular formula is C14H14Cl3NO. The summed E-state index contributed by atoms with van der Waals surface area (Å²) in [5, 5.41) is 4.90. The fourth-order valence-corrected chi connectivity index (χ4v) is 2.74. The molecule has 0 spiro atoms. The van der Waals surface area contributed by atoms with Crippen molar-refractivity contribution in [3.63, 3.8) is 0 Å². The zero-order chi connectivity index (χ0) is 13.8. The minimum absolute atomic E-state index is 0.223. The largest absolute Gasteiger partial charge is 0.469 e. The Morgan fingerprint density at radius 1 is 1.21 bits per heavy atom. The summed E-state index contributed by atoms with van der Waals surface area (Å²) < 4.78 is 5.30. The summed E-state index contributed by atoms with van der Waals surface area (Å²) >= 11 is 18.1. The highest BCUT2D eigenvalue weighted by atomic mass is 35.5. The van der Waals surface area contributed by atoms with E-state index < -0.39 is 0 Å². The molecule has 102 valence electrons. The monoisotopic (exact) mass is 317 g/mol. The van der Waals surface area contributed by atoms with Gasteiger partial charge in [-0.15, -0.1) is 0 Å². The third kappa shape index (κ3) is 4.07. The Bertz CT molecular complexity index is 517. The van der Waals surface area contributed by atoms with Crippen molar-refractivity contribution >= 4 is 40.5 Å². The lowest BCUT2D eigenvalue weighted by Gasteiger charge is -2.17. The number of nitrogens with one attached hydrogen (secondary N) is 1. The first-order valence-corrected chi connectivity index (χ1v) is 7.13. The molecule has 2 nitrogen and oxygen atoms in total. The standard InChI is InChI=1S/C14H14Cl3NO/c1-9(4-5-11-3-2-6-19-11)18-14-12(16)7-10(15)8-13(14)17/h2-3,6-9,18H,4-5H2,1H3. The van der Waals surface area contributed by atoms with Gasteiger partial charge in [0.2, 0.25) is 0 Å². The smallest absolute Gasteiger partial charge is 0.103 e. The van der Waals surface area contributed by atoms with Gasteiger partial charge >= 0.3 is 0 Å². The molecule has 19 heavy (non-hydrogen) atoms. The summed E-state index contributed by atoms with van der Waals surface area (Å²) in [5.74, 6) is 0.974. The summed E-state index contributed by atoms with van der Waals surface area (Å²) in [6, 6.07) is 7.43.